The molecule has 21 heavy (non-hydrogen) atoms. The molecule has 1 heterocycles. The number of nitrogens with two attached hydrogens (primary N) is 1. The second-order valence-corrected chi connectivity index (χ2v) is 3.95. The third-order valence-corrected chi connectivity index (χ3v) is 2.64. The molecule has 0 amide bonds. The van der Waals surface area contributed by atoms with Gasteiger partial charge in [-0.1, -0.05) is 0 Å². The SMILES string of the molecule is COc1cc(OC)nc(C(=O)c2cc(F)cc(F)c2N)n1. The molecule has 8 heteroatoms. The summed E-state index contributed by atoms with van der Waals surface area (Å²) in [6, 6.07) is 2.75. The lowest BCUT2D eigenvalue weighted by Crippen LogP contribution is -2.12. The molecule has 2 N–H and O–H groups in total. The molecule has 0 saturated carbocycles. The van der Waals surface area contributed by atoms with Gasteiger partial charge in [0.2, 0.25) is 23.4 Å². The number of nitrogen functional groups attached to an aromatic ring is 1. The third kappa shape index (κ3) is 2.88. The van der Waals surface area contributed by atoms with Gasteiger partial charge in [-0.2, -0.15) is 9.97 Å². The number of aromatic nitrogens is 2. The van der Waals surface area contributed by atoms with Crippen LogP contribution in [-0.4, -0.2) is 30.0 Å². The minimum absolute atomic E-state index is 0.0700. The summed E-state index contributed by atoms with van der Waals surface area (Å²) in [7, 11) is 2.68. The van der Waals surface area contributed by atoms with E-state index in [1.807, 2.05) is 0 Å². The molecular formula is C13H11F2N3O3. The van der Waals surface area contributed by atoms with Crippen LogP contribution in [0.1, 0.15) is 16.2 Å². The normalized spacial score (nSPS) is 10.3. The zero-order valence-electron chi connectivity index (χ0n) is 11.2. The van der Waals surface area contributed by atoms with E-state index in [1.165, 1.54) is 20.3 Å². The standard InChI is InChI=1S/C13H11F2N3O3/c1-20-9-5-10(21-2)18-13(17-9)12(19)7-3-6(14)4-8(15)11(7)16/h3-5H,16H2,1-2H3. The fraction of sp³-hybridized carbons (Fsp3) is 0.154. The van der Waals surface area contributed by atoms with Crippen molar-refractivity contribution in [3.8, 4) is 11.8 Å². The highest BCUT2D eigenvalue weighted by Gasteiger charge is 2.21. The average Bonchev–Trinajstić information content (AvgIpc) is 2.49. The molecule has 0 radical (unpaired) electrons. The van der Waals surface area contributed by atoms with Gasteiger partial charge in [0.1, 0.15) is 11.6 Å². The first kappa shape index (κ1) is 14.6. The van der Waals surface area contributed by atoms with Crippen molar-refractivity contribution < 1.29 is 23.0 Å². The van der Waals surface area contributed by atoms with Crippen LogP contribution in [0.15, 0.2) is 18.2 Å². The van der Waals surface area contributed by atoms with Gasteiger partial charge >= 0.3 is 0 Å². The van der Waals surface area contributed by atoms with Crippen molar-refractivity contribution in [3.63, 3.8) is 0 Å². The lowest BCUT2D eigenvalue weighted by atomic mass is 10.1. The Morgan fingerprint density at radius 3 is 2.19 bits per heavy atom. The summed E-state index contributed by atoms with van der Waals surface area (Å²) >= 11 is 0. The van der Waals surface area contributed by atoms with Crippen LogP contribution >= 0.6 is 0 Å². The molecule has 0 aliphatic rings. The molecular weight excluding hydrogens is 284 g/mol. The smallest absolute Gasteiger partial charge is 0.232 e. The van der Waals surface area contributed by atoms with Crippen LogP contribution in [0.25, 0.3) is 0 Å². The Morgan fingerprint density at radius 2 is 1.67 bits per heavy atom. The second kappa shape index (κ2) is 5.70. The number of nitrogens with zero attached hydrogens (tertiary/aromatic N) is 2. The summed E-state index contributed by atoms with van der Waals surface area (Å²) in [4.78, 5) is 19.9. The van der Waals surface area contributed by atoms with Crippen molar-refractivity contribution in [2.45, 2.75) is 0 Å². The number of rotatable bonds is 4. The quantitative estimate of drug-likeness (QED) is 0.680. The number of benzene rings is 1. The third-order valence-electron chi connectivity index (χ3n) is 2.64. The Morgan fingerprint density at radius 1 is 1.10 bits per heavy atom. The molecule has 0 aliphatic heterocycles. The van der Waals surface area contributed by atoms with Crippen LogP contribution in [0, 0.1) is 11.6 Å². The van der Waals surface area contributed by atoms with Gasteiger partial charge < -0.3 is 15.2 Å². The predicted molar refractivity (Wildman–Crippen MR) is 69.3 cm³/mol. The van der Waals surface area contributed by atoms with Crippen molar-refractivity contribution in [3.05, 3.63) is 41.2 Å². The van der Waals surface area contributed by atoms with Crippen LogP contribution in [0.2, 0.25) is 0 Å². The fourth-order valence-corrected chi connectivity index (χ4v) is 1.61. The first-order valence-corrected chi connectivity index (χ1v) is 5.72. The number of hydrogen-bond donors (Lipinski definition) is 1. The number of anilines is 1. The lowest BCUT2D eigenvalue weighted by molar-refractivity contribution is 0.102. The van der Waals surface area contributed by atoms with Crippen molar-refractivity contribution >= 4 is 11.5 Å². The molecule has 110 valence electrons. The Labute approximate surface area is 118 Å². The molecule has 1 aromatic carbocycles. The number of hydrogen-bond acceptors (Lipinski definition) is 6. The van der Waals surface area contributed by atoms with Crippen LogP contribution < -0.4 is 15.2 Å². The van der Waals surface area contributed by atoms with Gasteiger partial charge in [-0.15, -0.1) is 0 Å². The maximum atomic E-state index is 13.4. The van der Waals surface area contributed by atoms with Gasteiger partial charge in [-0.05, 0) is 6.07 Å². The van der Waals surface area contributed by atoms with Gasteiger partial charge in [0.25, 0.3) is 0 Å². The molecule has 0 aliphatic carbocycles. The van der Waals surface area contributed by atoms with E-state index >= 15 is 0 Å². The lowest BCUT2D eigenvalue weighted by Gasteiger charge is -2.08. The number of carbonyl (C=O) groups is 1. The predicted octanol–water partition coefficient (Wildman–Crippen LogP) is 1.59. The van der Waals surface area contributed by atoms with E-state index < -0.39 is 23.1 Å². The minimum Gasteiger partial charge on any atom is -0.481 e. The highest BCUT2D eigenvalue weighted by molar-refractivity contribution is 6.10. The van der Waals surface area contributed by atoms with Crippen molar-refractivity contribution in [2.24, 2.45) is 0 Å². The summed E-state index contributed by atoms with van der Waals surface area (Å²) in [6.45, 7) is 0. The monoisotopic (exact) mass is 295 g/mol. The number of carbonyl (C=O) groups excluding carboxylic acids is 1. The van der Waals surface area contributed by atoms with Crippen LogP contribution in [-0.2, 0) is 0 Å². The summed E-state index contributed by atoms with van der Waals surface area (Å²) in [6.07, 6.45) is 0. The van der Waals surface area contributed by atoms with E-state index in [2.05, 4.69) is 9.97 Å². The number of ketones is 1. The molecule has 0 saturated heterocycles. The number of halogens is 2. The molecule has 0 atom stereocenters. The van der Waals surface area contributed by atoms with E-state index in [9.17, 15) is 13.6 Å². The molecule has 0 fully saturated rings. The Hall–Kier alpha value is -2.77. The van der Waals surface area contributed by atoms with Gasteiger partial charge in [0, 0.05) is 6.07 Å². The Bertz CT molecular complexity index is 685. The maximum absolute atomic E-state index is 13.4. The van der Waals surface area contributed by atoms with Gasteiger partial charge in [-0.3, -0.25) is 4.79 Å². The van der Waals surface area contributed by atoms with Gasteiger partial charge in [0.15, 0.2) is 0 Å². The van der Waals surface area contributed by atoms with E-state index in [-0.39, 0.29) is 23.1 Å². The molecule has 0 spiro atoms. The molecule has 0 unspecified atom stereocenters. The average molecular weight is 295 g/mol. The molecule has 1 aromatic heterocycles. The first-order chi connectivity index (χ1) is 9.96. The van der Waals surface area contributed by atoms with Gasteiger partial charge in [-0.25, -0.2) is 8.78 Å². The summed E-state index contributed by atoms with van der Waals surface area (Å²) in [5.41, 5.74) is 4.60. The van der Waals surface area contributed by atoms with E-state index in [4.69, 9.17) is 15.2 Å². The summed E-state index contributed by atoms with van der Waals surface area (Å²) in [5.74, 6) is -3.01. The number of ether oxygens (including phenoxy) is 2. The van der Waals surface area contributed by atoms with Crippen molar-refractivity contribution in [1.29, 1.82) is 0 Å². The molecule has 2 aromatic rings. The summed E-state index contributed by atoms with van der Waals surface area (Å²) in [5, 5.41) is 0. The van der Waals surface area contributed by atoms with Crippen LogP contribution in [0.3, 0.4) is 0 Å². The first-order valence-electron chi connectivity index (χ1n) is 5.72. The van der Waals surface area contributed by atoms with Crippen LogP contribution in [0.4, 0.5) is 14.5 Å². The maximum Gasteiger partial charge on any atom is 0.232 e. The Balaban J connectivity index is 2.54. The van der Waals surface area contributed by atoms with Crippen molar-refractivity contribution in [2.75, 3.05) is 20.0 Å². The van der Waals surface area contributed by atoms with Crippen LogP contribution in [0.5, 0.6) is 11.8 Å². The largest absolute Gasteiger partial charge is 0.481 e. The highest BCUT2D eigenvalue weighted by atomic mass is 19.1. The topological polar surface area (TPSA) is 87.3 Å². The minimum atomic E-state index is -1.03. The Kier molecular flexibility index (Phi) is 3.97. The fourth-order valence-electron chi connectivity index (χ4n) is 1.61. The van der Waals surface area contributed by atoms with Crippen molar-refractivity contribution in [1.82, 2.24) is 9.97 Å². The van der Waals surface area contributed by atoms with E-state index in [0.717, 1.165) is 6.07 Å². The number of methoxy groups -OCH3 is 2. The molecule has 0 bridgehead atoms. The second-order valence-electron chi connectivity index (χ2n) is 3.95. The van der Waals surface area contributed by atoms with E-state index in [1.54, 1.807) is 0 Å². The summed E-state index contributed by atoms with van der Waals surface area (Å²) < 4.78 is 36.4. The van der Waals surface area contributed by atoms with E-state index in [0.29, 0.717) is 6.07 Å². The molecule has 6 nitrogen and oxygen atoms in total. The zero-order valence-corrected chi connectivity index (χ0v) is 11.2. The zero-order chi connectivity index (χ0) is 15.6. The van der Waals surface area contributed by atoms with Gasteiger partial charge in [0.05, 0.1) is 31.5 Å². The highest BCUT2D eigenvalue weighted by Crippen LogP contribution is 2.22. The molecule has 2 rings (SSSR count).